The fraction of sp³-hybridized carbons (Fsp3) is 0.100. The number of nitrogens with zero attached hydrogens (tertiary/aromatic N) is 1. The Morgan fingerprint density at radius 2 is 1.84 bits per heavy atom. The molecule has 5 heteroatoms. The van der Waals surface area contributed by atoms with Gasteiger partial charge in [0.05, 0.1) is 5.52 Å². The van der Waals surface area contributed by atoms with E-state index in [2.05, 4.69) is 4.98 Å². The van der Waals surface area contributed by atoms with Crippen LogP contribution in [-0.4, -0.2) is 4.98 Å². The minimum atomic E-state index is -0.379. The molecular formula is C20H14ClNO3. The number of benzene rings is 2. The molecule has 0 N–H and O–H groups in total. The molecule has 0 fully saturated rings. The first-order valence-corrected chi connectivity index (χ1v) is 8.17. The van der Waals surface area contributed by atoms with E-state index < -0.39 is 0 Å². The zero-order valence-electron chi connectivity index (χ0n) is 13.7. The molecule has 0 saturated carbocycles. The molecular weight excluding hydrogens is 338 g/mol. The van der Waals surface area contributed by atoms with Gasteiger partial charge in [-0.2, -0.15) is 0 Å². The summed E-state index contributed by atoms with van der Waals surface area (Å²) in [5.41, 5.74) is 2.84. The third kappa shape index (κ3) is 2.96. The standard InChI is InChI=1S/C20H14ClNO3/c1-11-3-6-16-15(7-11)18(10-19(21)22-16)24-13-4-5-14-12(2)8-20(23)25-17(14)9-13/h3-10H,1-2H3. The molecule has 0 bridgehead atoms. The number of aromatic nitrogens is 1. The van der Waals surface area contributed by atoms with Gasteiger partial charge < -0.3 is 9.15 Å². The molecule has 0 amide bonds. The number of halogens is 1. The molecule has 2 aromatic carbocycles. The summed E-state index contributed by atoms with van der Waals surface area (Å²) in [6.45, 7) is 3.88. The molecule has 4 nitrogen and oxygen atoms in total. The maximum atomic E-state index is 11.6. The van der Waals surface area contributed by atoms with Gasteiger partial charge in [-0.15, -0.1) is 0 Å². The van der Waals surface area contributed by atoms with Gasteiger partial charge in [-0.3, -0.25) is 0 Å². The van der Waals surface area contributed by atoms with Crippen molar-refractivity contribution in [1.29, 1.82) is 0 Å². The number of hydrogen-bond acceptors (Lipinski definition) is 4. The van der Waals surface area contributed by atoms with E-state index in [1.807, 2.05) is 44.2 Å². The molecule has 2 heterocycles. The van der Waals surface area contributed by atoms with E-state index >= 15 is 0 Å². The number of ether oxygens (including phenoxy) is 1. The van der Waals surface area contributed by atoms with Crippen LogP contribution in [0.1, 0.15) is 11.1 Å². The number of rotatable bonds is 2. The molecule has 25 heavy (non-hydrogen) atoms. The Labute approximate surface area is 148 Å². The lowest BCUT2D eigenvalue weighted by molar-refractivity contribution is 0.485. The number of hydrogen-bond donors (Lipinski definition) is 0. The van der Waals surface area contributed by atoms with Gasteiger partial charge >= 0.3 is 5.63 Å². The monoisotopic (exact) mass is 351 g/mol. The van der Waals surface area contributed by atoms with Gasteiger partial charge in [-0.1, -0.05) is 23.2 Å². The summed E-state index contributed by atoms with van der Waals surface area (Å²) in [4.78, 5) is 15.9. The van der Waals surface area contributed by atoms with Crippen LogP contribution in [0.3, 0.4) is 0 Å². The molecule has 0 aliphatic rings. The molecule has 4 aromatic rings. The second kappa shape index (κ2) is 5.90. The van der Waals surface area contributed by atoms with E-state index in [0.717, 1.165) is 27.4 Å². The van der Waals surface area contributed by atoms with Crippen LogP contribution in [0.4, 0.5) is 0 Å². The highest BCUT2D eigenvalue weighted by Crippen LogP contribution is 2.33. The Balaban J connectivity index is 1.85. The van der Waals surface area contributed by atoms with Crippen LogP contribution < -0.4 is 10.4 Å². The lowest BCUT2D eigenvalue weighted by Crippen LogP contribution is -1.98. The van der Waals surface area contributed by atoms with Crippen molar-refractivity contribution >= 4 is 33.5 Å². The first-order valence-electron chi connectivity index (χ1n) is 7.79. The quantitative estimate of drug-likeness (QED) is 0.358. The number of fused-ring (bicyclic) bond motifs is 2. The van der Waals surface area contributed by atoms with Crippen LogP contribution in [-0.2, 0) is 0 Å². The highest BCUT2D eigenvalue weighted by molar-refractivity contribution is 6.30. The molecule has 0 aliphatic carbocycles. The largest absolute Gasteiger partial charge is 0.456 e. The fourth-order valence-corrected chi connectivity index (χ4v) is 3.05. The average Bonchev–Trinajstić information content (AvgIpc) is 2.55. The predicted octanol–water partition coefficient (Wildman–Crippen LogP) is 5.40. The number of pyridine rings is 1. The van der Waals surface area contributed by atoms with E-state index in [9.17, 15) is 4.79 Å². The molecule has 0 saturated heterocycles. The van der Waals surface area contributed by atoms with Crippen molar-refractivity contribution in [3.05, 3.63) is 75.2 Å². The minimum Gasteiger partial charge on any atom is -0.456 e. The van der Waals surface area contributed by atoms with Gasteiger partial charge in [0.2, 0.25) is 0 Å². The molecule has 124 valence electrons. The highest BCUT2D eigenvalue weighted by atomic mass is 35.5. The summed E-state index contributed by atoms with van der Waals surface area (Å²) in [5, 5.41) is 2.10. The van der Waals surface area contributed by atoms with Crippen molar-refractivity contribution in [2.45, 2.75) is 13.8 Å². The van der Waals surface area contributed by atoms with E-state index in [0.29, 0.717) is 22.2 Å². The van der Waals surface area contributed by atoms with Crippen LogP contribution in [0.2, 0.25) is 5.15 Å². The molecule has 0 atom stereocenters. The van der Waals surface area contributed by atoms with Gasteiger partial charge in [0.15, 0.2) is 0 Å². The van der Waals surface area contributed by atoms with Crippen LogP contribution in [0.5, 0.6) is 11.5 Å². The first kappa shape index (κ1) is 15.7. The topological polar surface area (TPSA) is 52.3 Å². The van der Waals surface area contributed by atoms with Crippen molar-refractivity contribution in [3.63, 3.8) is 0 Å². The average molecular weight is 352 g/mol. The van der Waals surface area contributed by atoms with E-state index in [1.165, 1.54) is 6.07 Å². The third-order valence-corrected chi connectivity index (χ3v) is 4.24. The van der Waals surface area contributed by atoms with Crippen LogP contribution in [0.25, 0.3) is 21.9 Å². The Morgan fingerprint density at radius 3 is 2.68 bits per heavy atom. The SMILES string of the molecule is Cc1ccc2nc(Cl)cc(Oc3ccc4c(C)cc(=O)oc4c3)c2c1. The molecule has 2 aromatic heterocycles. The van der Waals surface area contributed by atoms with Gasteiger partial charge in [0.1, 0.15) is 22.2 Å². The predicted molar refractivity (Wildman–Crippen MR) is 98.8 cm³/mol. The minimum absolute atomic E-state index is 0.356. The smallest absolute Gasteiger partial charge is 0.336 e. The zero-order chi connectivity index (χ0) is 17.6. The Hall–Kier alpha value is -2.85. The lowest BCUT2D eigenvalue weighted by Gasteiger charge is -2.11. The van der Waals surface area contributed by atoms with Crippen molar-refractivity contribution in [2.75, 3.05) is 0 Å². The maximum Gasteiger partial charge on any atom is 0.336 e. The van der Waals surface area contributed by atoms with Gasteiger partial charge in [0, 0.05) is 29.0 Å². The van der Waals surface area contributed by atoms with Crippen LogP contribution in [0, 0.1) is 13.8 Å². The molecule has 0 unspecified atom stereocenters. The molecule has 0 aliphatic heterocycles. The fourth-order valence-electron chi connectivity index (χ4n) is 2.86. The molecule has 0 spiro atoms. The Kier molecular flexibility index (Phi) is 3.70. The van der Waals surface area contributed by atoms with Crippen molar-refractivity contribution in [3.8, 4) is 11.5 Å². The van der Waals surface area contributed by atoms with Gasteiger partial charge in [-0.05, 0) is 43.7 Å². The summed E-state index contributed by atoms with van der Waals surface area (Å²) in [5.74, 6) is 1.17. The second-order valence-corrected chi connectivity index (χ2v) is 6.36. The van der Waals surface area contributed by atoms with Gasteiger partial charge in [0.25, 0.3) is 0 Å². The normalized spacial score (nSPS) is 11.2. The third-order valence-electron chi connectivity index (χ3n) is 4.05. The summed E-state index contributed by atoms with van der Waals surface area (Å²) >= 11 is 6.12. The van der Waals surface area contributed by atoms with Crippen molar-refractivity contribution in [1.82, 2.24) is 4.98 Å². The second-order valence-electron chi connectivity index (χ2n) is 5.97. The number of aryl methyl sites for hydroxylation is 2. The van der Waals surface area contributed by atoms with E-state index in [-0.39, 0.29) is 5.63 Å². The van der Waals surface area contributed by atoms with Gasteiger partial charge in [-0.25, -0.2) is 9.78 Å². The summed E-state index contributed by atoms with van der Waals surface area (Å²) in [6.07, 6.45) is 0. The lowest BCUT2D eigenvalue weighted by atomic mass is 10.1. The zero-order valence-corrected chi connectivity index (χ0v) is 14.4. The van der Waals surface area contributed by atoms with Crippen molar-refractivity contribution in [2.24, 2.45) is 0 Å². The van der Waals surface area contributed by atoms with Crippen LogP contribution in [0.15, 0.2) is 57.7 Å². The molecule has 4 rings (SSSR count). The van der Waals surface area contributed by atoms with E-state index in [1.54, 1.807) is 12.1 Å². The maximum absolute atomic E-state index is 11.6. The Morgan fingerprint density at radius 1 is 1.00 bits per heavy atom. The summed E-state index contributed by atoms with van der Waals surface area (Å²) in [7, 11) is 0. The first-order chi connectivity index (χ1) is 12.0. The Bertz CT molecular complexity index is 1180. The van der Waals surface area contributed by atoms with Crippen LogP contribution >= 0.6 is 11.6 Å². The summed E-state index contributed by atoms with van der Waals surface area (Å²) < 4.78 is 11.3. The summed E-state index contributed by atoms with van der Waals surface area (Å²) in [6, 6.07) is 14.5. The molecule has 0 radical (unpaired) electrons. The van der Waals surface area contributed by atoms with Crippen molar-refractivity contribution < 1.29 is 9.15 Å². The highest BCUT2D eigenvalue weighted by Gasteiger charge is 2.10. The van der Waals surface area contributed by atoms with E-state index in [4.69, 9.17) is 20.8 Å².